The van der Waals surface area contributed by atoms with Crippen LogP contribution in [0.1, 0.15) is 26.7 Å². The van der Waals surface area contributed by atoms with Crippen molar-refractivity contribution in [1.82, 2.24) is 5.32 Å². The first-order valence-electron chi connectivity index (χ1n) is 6.44. The Hall–Kier alpha value is -0.710. The molecule has 1 aliphatic heterocycles. The molecule has 3 nitrogen and oxygen atoms in total. The van der Waals surface area contributed by atoms with E-state index in [2.05, 4.69) is 5.32 Å². The van der Waals surface area contributed by atoms with Gasteiger partial charge in [0.05, 0.1) is 22.7 Å². The molecule has 0 aliphatic carbocycles. The zero-order chi connectivity index (χ0) is 13.4. The second-order valence-electron chi connectivity index (χ2n) is 4.38. The van der Waals surface area contributed by atoms with Gasteiger partial charge in [0.25, 0.3) is 0 Å². The van der Waals surface area contributed by atoms with Crippen LogP contribution in [0.15, 0.2) is 35.3 Å². The molecule has 1 rings (SSSR count). The summed E-state index contributed by atoms with van der Waals surface area (Å²) in [5.74, 6) is 0.297. The van der Waals surface area contributed by atoms with Crippen molar-refractivity contribution in [2.75, 3.05) is 12.3 Å². The van der Waals surface area contributed by atoms with Crippen molar-refractivity contribution in [2.24, 2.45) is 0 Å². The van der Waals surface area contributed by atoms with E-state index in [1.54, 1.807) is 0 Å². The van der Waals surface area contributed by atoms with Crippen molar-refractivity contribution in [3.05, 3.63) is 35.3 Å². The molecule has 1 aliphatic rings. The van der Waals surface area contributed by atoms with Crippen molar-refractivity contribution in [1.29, 1.82) is 0 Å². The first kappa shape index (κ1) is 15.3. The molecule has 0 aromatic heterocycles. The van der Waals surface area contributed by atoms with E-state index in [0.717, 1.165) is 24.3 Å². The molecule has 0 aromatic rings. The van der Waals surface area contributed by atoms with Gasteiger partial charge in [-0.15, -0.1) is 0 Å². The summed E-state index contributed by atoms with van der Waals surface area (Å²) in [4.78, 5) is 0.757. The predicted octanol–water partition coefficient (Wildman–Crippen LogP) is 1.88. The minimum atomic E-state index is -1.15. The third-order valence-electron chi connectivity index (χ3n) is 2.93. The quantitative estimate of drug-likeness (QED) is 0.724. The zero-order valence-electron chi connectivity index (χ0n) is 11.1. The molecule has 2 N–H and O–H groups in total. The molecule has 4 heteroatoms. The van der Waals surface area contributed by atoms with Crippen LogP contribution in [0.2, 0.25) is 0 Å². The third kappa shape index (κ3) is 4.88. The maximum atomic E-state index is 12.2. The lowest BCUT2D eigenvalue weighted by Gasteiger charge is -2.17. The van der Waals surface area contributed by atoms with Gasteiger partial charge in [-0.25, -0.2) is 0 Å². The van der Waals surface area contributed by atoms with Crippen molar-refractivity contribution in [3.63, 3.8) is 0 Å². The van der Waals surface area contributed by atoms with Crippen molar-refractivity contribution >= 4 is 10.8 Å². The summed E-state index contributed by atoms with van der Waals surface area (Å²) in [7, 11) is -1.15. The summed E-state index contributed by atoms with van der Waals surface area (Å²) in [6, 6.07) is 0.0996. The standard InChI is InChI=1S/C14H23NO2S/c1-3-5-8-12(7-4-2)18(17)11-14(16)13-9-6-10-15-13/h3-5,7-8,13-16H,6,9-11H2,1-2H3/b5-3-,7-4-,12-8+. The van der Waals surface area contributed by atoms with Gasteiger partial charge in [-0.1, -0.05) is 24.3 Å². The molecule has 0 amide bonds. The molecule has 1 saturated heterocycles. The highest BCUT2D eigenvalue weighted by Gasteiger charge is 2.24. The molecule has 18 heavy (non-hydrogen) atoms. The van der Waals surface area contributed by atoms with Crippen LogP contribution >= 0.6 is 0 Å². The van der Waals surface area contributed by atoms with E-state index in [1.165, 1.54) is 0 Å². The predicted molar refractivity (Wildman–Crippen MR) is 77.8 cm³/mol. The number of aliphatic hydroxyl groups is 1. The highest BCUT2D eigenvalue weighted by Crippen LogP contribution is 2.13. The fraction of sp³-hybridized carbons (Fsp3) is 0.571. The van der Waals surface area contributed by atoms with Gasteiger partial charge in [0, 0.05) is 10.9 Å². The lowest BCUT2D eigenvalue weighted by molar-refractivity contribution is 0.158. The van der Waals surface area contributed by atoms with Crippen LogP contribution in [-0.4, -0.2) is 33.8 Å². The van der Waals surface area contributed by atoms with Crippen LogP contribution in [0.25, 0.3) is 0 Å². The average Bonchev–Trinajstić information content (AvgIpc) is 2.88. The smallest absolute Gasteiger partial charge is 0.0811 e. The molecule has 0 bridgehead atoms. The lowest BCUT2D eigenvalue weighted by Crippen LogP contribution is -2.38. The molecule has 0 radical (unpaired) electrons. The highest BCUT2D eigenvalue weighted by molar-refractivity contribution is 7.89. The van der Waals surface area contributed by atoms with E-state index in [4.69, 9.17) is 0 Å². The second-order valence-corrected chi connectivity index (χ2v) is 5.87. The van der Waals surface area contributed by atoms with Crippen molar-refractivity contribution in [2.45, 2.75) is 38.8 Å². The zero-order valence-corrected chi connectivity index (χ0v) is 12.0. The summed E-state index contributed by atoms with van der Waals surface area (Å²) >= 11 is 0. The molecular formula is C14H23NO2S. The first-order valence-corrected chi connectivity index (χ1v) is 7.76. The third-order valence-corrected chi connectivity index (χ3v) is 4.37. The number of rotatable bonds is 6. The Labute approximate surface area is 112 Å². The second kappa shape index (κ2) is 8.40. The summed E-state index contributed by atoms with van der Waals surface area (Å²) in [5, 5.41) is 13.3. The van der Waals surface area contributed by atoms with Gasteiger partial charge in [0.15, 0.2) is 0 Å². The minimum Gasteiger partial charge on any atom is -0.391 e. The van der Waals surface area contributed by atoms with Gasteiger partial charge in [-0.3, -0.25) is 4.21 Å². The fourth-order valence-corrected chi connectivity index (χ4v) is 3.22. The van der Waals surface area contributed by atoms with Crippen LogP contribution in [0.5, 0.6) is 0 Å². The number of hydrogen-bond donors (Lipinski definition) is 2. The largest absolute Gasteiger partial charge is 0.391 e. The SMILES string of the molecule is C\C=C/C=C(\C=C/C)S(=O)CC(O)C1CCCN1. The highest BCUT2D eigenvalue weighted by atomic mass is 32.2. The average molecular weight is 269 g/mol. The molecule has 0 spiro atoms. The fourth-order valence-electron chi connectivity index (χ4n) is 1.97. The molecule has 1 fully saturated rings. The van der Waals surface area contributed by atoms with E-state index in [1.807, 2.05) is 44.2 Å². The van der Waals surface area contributed by atoms with Crippen LogP contribution in [0.3, 0.4) is 0 Å². The summed E-state index contributed by atoms with van der Waals surface area (Å²) < 4.78 is 12.2. The van der Waals surface area contributed by atoms with E-state index in [-0.39, 0.29) is 6.04 Å². The Morgan fingerprint density at radius 1 is 1.50 bits per heavy atom. The van der Waals surface area contributed by atoms with Gasteiger partial charge in [-0.2, -0.15) is 0 Å². The van der Waals surface area contributed by atoms with Crippen molar-refractivity contribution in [3.8, 4) is 0 Å². The Kier molecular flexibility index (Phi) is 7.16. The van der Waals surface area contributed by atoms with E-state index >= 15 is 0 Å². The monoisotopic (exact) mass is 269 g/mol. The molecule has 3 atom stereocenters. The number of hydrogen-bond acceptors (Lipinski definition) is 3. The van der Waals surface area contributed by atoms with Crippen LogP contribution < -0.4 is 5.32 Å². The van der Waals surface area contributed by atoms with Crippen LogP contribution in [0.4, 0.5) is 0 Å². The summed E-state index contributed by atoms with van der Waals surface area (Å²) in [6.45, 7) is 4.77. The maximum absolute atomic E-state index is 12.2. The van der Waals surface area contributed by atoms with Crippen LogP contribution in [0, 0.1) is 0 Å². The Morgan fingerprint density at radius 2 is 2.28 bits per heavy atom. The molecular weight excluding hydrogens is 246 g/mol. The van der Waals surface area contributed by atoms with Gasteiger partial charge in [-0.05, 0) is 39.3 Å². The Bertz CT molecular complexity index is 355. The van der Waals surface area contributed by atoms with Gasteiger partial charge >= 0.3 is 0 Å². The van der Waals surface area contributed by atoms with E-state index in [0.29, 0.717) is 5.75 Å². The van der Waals surface area contributed by atoms with Gasteiger partial charge in [0.1, 0.15) is 0 Å². The van der Waals surface area contributed by atoms with E-state index in [9.17, 15) is 9.32 Å². The molecule has 102 valence electrons. The number of allylic oxidation sites excluding steroid dienone is 5. The van der Waals surface area contributed by atoms with Gasteiger partial charge < -0.3 is 10.4 Å². The molecule has 1 heterocycles. The first-order chi connectivity index (χ1) is 8.69. The minimum absolute atomic E-state index is 0.0996. The Balaban J connectivity index is 2.60. The molecule has 3 unspecified atom stereocenters. The normalized spacial score (nSPS) is 25.1. The number of aliphatic hydroxyl groups excluding tert-OH is 1. The molecule has 0 saturated carbocycles. The maximum Gasteiger partial charge on any atom is 0.0811 e. The van der Waals surface area contributed by atoms with Crippen molar-refractivity contribution < 1.29 is 9.32 Å². The molecule has 0 aromatic carbocycles. The lowest BCUT2D eigenvalue weighted by atomic mass is 10.1. The number of nitrogens with one attached hydrogen (secondary N) is 1. The van der Waals surface area contributed by atoms with Gasteiger partial charge in [0.2, 0.25) is 0 Å². The summed E-state index contributed by atoms with van der Waals surface area (Å²) in [5.41, 5.74) is 0. The van der Waals surface area contributed by atoms with E-state index < -0.39 is 16.9 Å². The Morgan fingerprint density at radius 3 is 2.83 bits per heavy atom. The summed E-state index contributed by atoms with van der Waals surface area (Å²) in [6.07, 6.45) is 10.8. The topological polar surface area (TPSA) is 49.3 Å². The van der Waals surface area contributed by atoms with Crippen LogP contribution in [-0.2, 0) is 10.8 Å².